The molecule has 0 spiro atoms. The van der Waals surface area contributed by atoms with Crippen LogP contribution in [0.4, 0.5) is 0 Å². The summed E-state index contributed by atoms with van der Waals surface area (Å²) in [7, 11) is 0. The summed E-state index contributed by atoms with van der Waals surface area (Å²) >= 11 is 1.79. The first-order valence-electron chi connectivity index (χ1n) is 6.29. The summed E-state index contributed by atoms with van der Waals surface area (Å²) in [5.74, 6) is 0. The third-order valence-electron chi connectivity index (χ3n) is 2.97. The van der Waals surface area contributed by atoms with Crippen LogP contribution in [0.25, 0.3) is 0 Å². The molecule has 0 unspecified atom stereocenters. The Labute approximate surface area is 113 Å². The largest absolute Gasteiger partial charge is 0.324 e. The highest BCUT2D eigenvalue weighted by Crippen LogP contribution is 2.29. The summed E-state index contributed by atoms with van der Waals surface area (Å²) in [6.07, 6.45) is 0.977. The highest BCUT2D eigenvalue weighted by Gasteiger charge is 2.03. The average molecular weight is 257 g/mol. The Bertz CT molecular complexity index is 505. The number of hydrogen-bond donors (Lipinski definition) is 1. The molecule has 0 amide bonds. The maximum absolute atomic E-state index is 6.01. The first kappa shape index (κ1) is 13.2. The smallest absolute Gasteiger partial charge is 0.0292 e. The van der Waals surface area contributed by atoms with E-state index in [0.29, 0.717) is 0 Å². The topological polar surface area (TPSA) is 26.0 Å². The van der Waals surface area contributed by atoms with E-state index in [-0.39, 0.29) is 6.04 Å². The number of nitrogens with two attached hydrogens (primary N) is 1. The summed E-state index contributed by atoms with van der Waals surface area (Å²) < 4.78 is 0. The van der Waals surface area contributed by atoms with Crippen molar-refractivity contribution in [3.05, 3.63) is 59.7 Å². The third kappa shape index (κ3) is 3.37. The average Bonchev–Trinajstić information content (AvgIpc) is 2.39. The zero-order valence-corrected chi connectivity index (χ0v) is 11.7. The van der Waals surface area contributed by atoms with E-state index in [1.165, 1.54) is 20.9 Å². The fourth-order valence-electron chi connectivity index (χ4n) is 1.83. The molecule has 94 valence electrons. The Morgan fingerprint density at radius 2 is 1.78 bits per heavy atom. The second kappa shape index (κ2) is 6.07. The molecule has 0 aliphatic heterocycles. The molecule has 0 fully saturated rings. The molecule has 2 heteroatoms. The number of benzene rings is 2. The van der Waals surface area contributed by atoms with Gasteiger partial charge in [0, 0.05) is 15.8 Å². The fraction of sp³-hybridized carbons (Fsp3) is 0.250. The highest BCUT2D eigenvalue weighted by molar-refractivity contribution is 7.99. The van der Waals surface area contributed by atoms with E-state index in [4.69, 9.17) is 5.73 Å². The Morgan fingerprint density at radius 3 is 2.39 bits per heavy atom. The monoisotopic (exact) mass is 257 g/mol. The van der Waals surface area contributed by atoms with Crippen molar-refractivity contribution in [2.75, 3.05) is 0 Å². The predicted octanol–water partition coefficient (Wildman–Crippen LogP) is 4.56. The molecule has 0 aromatic heterocycles. The van der Waals surface area contributed by atoms with Crippen molar-refractivity contribution in [3.63, 3.8) is 0 Å². The van der Waals surface area contributed by atoms with E-state index >= 15 is 0 Å². The molecule has 1 nitrogen and oxygen atoms in total. The molecule has 0 saturated carbocycles. The SMILES string of the molecule is CC[C@@H](N)c1ccc(Sc2cccc(C)c2)cc1. The van der Waals surface area contributed by atoms with Gasteiger partial charge in [0.1, 0.15) is 0 Å². The van der Waals surface area contributed by atoms with Gasteiger partial charge in [-0.2, -0.15) is 0 Å². The molecule has 0 aliphatic rings. The Hall–Kier alpha value is -1.25. The minimum atomic E-state index is 0.156. The van der Waals surface area contributed by atoms with Gasteiger partial charge in [-0.3, -0.25) is 0 Å². The van der Waals surface area contributed by atoms with Crippen molar-refractivity contribution < 1.29 is 0 Å². The van der Waals surface area contributed by atoms with E-state index in [1.54, 1.807) is 11.8 Å². The quantitative estimate of drug-likeness (QED) is 0.869. The van der Waals surface area contributed by atoms with Gasteiger partial charge in [-0.1, -0.05) is 48.5 Å². The normalized spacial score (nSPS) is 12.4. The standard InChI is InChI=1S/C16H19NS/c1-3-16(17)13-7-9-14(10-8-13)18-15-6-4-5-12(2)11-15/h4-11,16H,3,17H2,1-2H3/t16-/m1/s1. The van der Waals surface area contributed by atoms with Crippen LogP contribution >= 0.6 is 11.8 Å². The maximum Gasteiger partial charge on any atom is 0.0292 e. The lowest BCUT2D eigenvalue weighted by Gasteiger charge is -2.09. The molecular formula is C16H19NS. The lowest BCUT2D eigenvalue weighted by Crippen LogP contribution is -2.07. The Morgan fingerprint density at radius 1 is 1.06 bits per heavy atom. The molecular weight excluding hydrogens is 238 g/mol. The van der Waals surface area contributed by atoms with Crippen LogP contribution in [-0.4, -0.2) is 0 Å². The van der Waals surface area contributed by atoms with Crippen LogP contribution in [-0.2, 0) is 0 Å². The van der Waals surface area contributed by atoms with Gasteiger partial charge >= 0.3 is 0 Å². The first-order valence-corrected chi connectivity index (χ1v) is 7.10. The zero-order valence-electron chi connectivity index (χ0n) is 10.9. The van der Waals surface area contributed by atoms with Crippen molar-refractivity contribution in [2.45, 2.75) is 36.1 Å². The molecule has 0 heterocycles. The van der Waals surface area contributed by atoms with Crippen molar-refractivity contribution >= 4 is 11.8 Å². The second-order valence-electron chi connectivity index (χ2n) is 4.50. The van der Waals surface area contributed by atoms with Crippen LogP contribution < -0.4 is 5.73 Å². The van der Waals surface area contributed by atoms with Crippen LogP contribution in [0.2, 0.25) is 0 Å². The van der Waals surface area contributed by atoms with Crippen LogP contribution in [0, 0.1) is 6.92 Å². The number of rotatable bonds is 4. The third-order valence-corrected chi connectivity index (χ3v) is 3.97. The van der Waals surface area contributed by atoms with E-state index in [2.05, 4.69) is 62.4 Å². The number of aryl methyl sites for hydroxylation is 1. The van der Waals surface area contributed by atoms with Crippen molar-refractivity contribution in [1.29, 1.82) is 0 Å². The van der Waals surface area contributed by atoms with Gasteiger partial charge in [-0.25, -0.2) is 0 Å². The van der Waals surface area contributed by atoms with E-state index in [0.717, 1.165) is 6.42 Å². The summed E-state index contributed by atoms with van der Waals surface area (Å²) in [5, 5.41) is 0. The van der Waals surface area contributed by atoms with E-state index in [9.17, 15) is 0 Å². The zero-order chi connectivity index (χ0) is 13.0. The number of hydrogen-bond acceptors (Lipinski definition) is 2. The highest BCUT2D eigenvalue weighted by atomic mass is 32.2. The van der Waals surface area contributed by atoms with Gasteiger partial charge in [-0.15, -0.1) is 0 Å². The van der Waals surface area contributed by atoms with Gasteiger partial charge in [0.15, 0.2) is 0 Å². The van der Waals surface area contributed by atoms with Gasteiger partial charge in [0.25, 0.3) is 0 Å². The fourth-order valence-corrected chi connectivity index (χ4v) is 2.77. The van der Waals surface area contributed by atoms with Crippen LogP contribution in [0.3, 0.4) is 0 Å². The van der Waals surface area contributed by atoms with Crippen molar-refractivity contribution in [2.24, 2.45) is 5.73 Å². The molecule has 2 N–H and O–H groups in total. The lowest BCUT2D eigenvalue weighted by atomic mass is 10.1. The predicted molar refractivity (Wildman–Crippen MR) is 79.0 cm³/mol. The summed E-state index contributed by atoms with van der Waals surface area (Å²) in [6, 6.07) is 17.3. The van der Waals surface area contributed by atoms with Crippen molar-refractivity contribution in [1.82, 2.24) is 0 Å². The van der Waals surface area contributed by atoms with Gasteiger partial charge < -0.3 is 5.73 Å². The molecule has 2 aromatic carbocycles. The minimum Gasteiger partial charge on any atom is -0.324 e. The first-order chi connectivity index (χ1) is 8.69. The molecule has 0 bridgehead atoms. The van der Waals surface area contributed by atoms with E-state index < -0.39 is 0 Å². The Balaban J connectivity index is 2.11. The summed E-state index contributed by atoms with van der Waals surface area (Å²) in [4.78, 5) is 2.54. The van der Waals surface area contributed by atoms with Crippen LogP contribution in [0.1, 0.15) is 30.5 Å². The lowest BCUT2D eigenvalue weighted by molar-refractivity contribution is 0.698. The van der Waals surface area contributed by atoms with Crippen LogP contribution in [0.15, 0.2) is 58.3 Å². The molecule has 0 aliphatic carbocycles. The molecule has 0 saturated heterocycles. The maximum atomic E-state index is 6.01. The van der Waals surface area contributed by atoms with Crippen LogP contribution in [0.5, 0.6) is 0 Å². The summed E-state index contributed by atoms with van der Waals surface area (Å²) in [6.45, 7) is 4.23. The molecule has 2 aromatic rings. The van der Waals surface area contributed by atoms with E-state index in [1.807, 2.05) is 0 Å². The molecule has 2 rings (SSSR count). The molecule has 1 atom stereocenters. The van der Waals surface area contributed by atoms with Gasteiger partial charge in [-0.05, 0) is 43.2 Å². The second-order valence-corrected chi connectivity index (χ2v) is 5.65. The molecule has 0 radical (unpaired) electrons. The minimum absolute atomic E-state index is 0.156. The molecule has 18 heavy (non-hydrogen) atoms. The Kier molecular flexibility index (Phi) is 4.45. The summed E-state index contributed by atoms with van der Waals surface area (Å²) in [5.41, 5.74) is 8.52. The van der Waals surface area contributed by atoms with Gasteiger partial charge in [0.05, 0.1) is 0 Å². The van der Waals surface area contributed by atoms with Crippen molar-refractivity contribution in [3.8, 4) is 0 Å². The van der Waals surface area contributed by atoms with Gasteiger partial charge in [0.2, 0.25) is 0 Å².